The molecule has 1 saturated heterocycles. The van der Waals surface area contributed by atoms with Crippen LogP contribution in [-0.2, 0) is 4.79 Å². The Bertz CT molecular complexity index is 438. The Kier molecular flexibility index (Phi) is 3.93. The number of carbonyl (C=O) groups excluding carboxylic acids is 1. The molecule has 3 N–H and O–H groups in total. The van der Waals surface area contributed by atoms with E-state index in [9.17, 15) is 9.18 Å². The molecule has 0 aliphatic carbocycles. The molecule has 1 aromatic rings. The number of benzene rings is 1. The second-order valence-electron chi connectivity index (χ2n) is 4.48. The molecule has 0 bridgehead atoms. The standard InChI is InChI=1S/C13H18FN3O/c1-9-13(18)16-6-7-17(9)12(8-15)10-4-2-3-5-11(10)14/h2-5,9,12H,6-8,15H2,1H3,(H,16,18). The number of halogens is 1. The molecule has 2 unspecified atom stereocenters. The summed E-state index contributed by atoms with van der Waals surface area (Å²) in [6, 6.07) is 6.05. The Morgan fingerprint density at radius 3 is 2.94 bits per heavy atom. The highest BCUT2D eigenvalue weighted by Gasteiger charge is 2.32. The molecule has 0 aromatic heterocycles. The van der Waals surface area contributed by atoms with Crippen molar-refractivity contribution in [3.05, 3.63) is 35.6 Å². The monoisotopic (exact) mass is 251 g/mol. The molecule has 5 heteroatoms. The van der Waals surface area contributed by atoms with Gasteiger partial charge in [-0.05, 0) is 13.0 Å². The minimum atomic E-state index is -0.285. The number of hydrogen-bond donors (Lipinski definition) is 2. The lowest BCUT2D eigenvalue weighted by Crippen LogP contribution is -2.55. The van der Waals surface area contributed by atoms with Gasteiger partial charge in [0.25, 0.3) is 0 Å². The Morgan fingerprint density at radius 1 is 1.56 bits per heavy atom. The van der Waals surface area contributed by atoms with Crippen LogP contribution in [0.1, 0.15) is 18.5 Å². The first kappa shape index (κ1) is 13.0. The van der Waals surface area contributed by atoms with Crippen molar-refractivity contribution in [2.24, 2.45) is 5.73 Å². The highest BCUT2D eigenvalue weighted by molar-refractivity contribution is 5.82. The molecule has 1 aromatic carbocycles. The fourth-order valence-electron chi connectivity index (χ4n) is 2.41. The van der Waals surface area contributed by atoms with Crippen molar-refractivity contribution in [3.63, 3.8) is 0 Å². The van der Waals surface area contributed by atoms with Gasteiger partial charge in [0.2, 0.25) is 5.91 Å². The van der Waals surface area contributed by atoms with Crippen molar-refractivity contribution in [2.75, 3.05) is 19.6 Å². The zero-order valence-corrected chi connectivity index (χ0v) is 10.4. The van der Waals surface area contributed by atoms with E-state index in [0.717, 1.165) is 0 Å². The minimum absolute atomic E-state index is 0.0314. The van der Waals surface area contributed by atoms with Crippen LogP contribution in [-0.4, -0.2) is 36.5 Å². The summed E-state index contributed by atoms with van der Waals surface area (Å²) in [5, 5.41) is 2.79. The summed E-state index contributed by atoms with van der Waals surface area (Å²) in [5.41, 5.74) is 6.33. The van der Waals surface area contributed by atoms with Crippen LogP contribution in [0.3, 0.4) is 0 Å². The lowest BCUT2D eigenvalue weighted by molar-refractivity contribution is -0.129. The van der Waals surface area contributed by atoms with Crippen molar-refractivity contribution in [1.82, 2.24) is 10.2 Å². The molecule has 98 valence electrons. The molecular formula is C13H18FN3O. The minimum Gasteiger partial charge on any atom is -0.353 e. The van der Waals surface area contributed by atoms with Crippen LogP contribution in [0.5, 0.6) is 0 Å². The second-order valence-corrected chi connectivity index (χ2v) is 4.48. The first-order valence-corrected chi connectivity index (χ1v) is 6.13. The van der Waals surface area contributed by atoms with Gasteiger partial charge in [0.15, 0.2) is 0 Å². The Labute approximate surface area is 106 Å². The first-order chi connectivity index (χ1) is 8.65. The molecular weight excluding hydrogens is 233 g/mol. The molecule has 1 aliphatic heterocycles. The maximum absolute atomic E-state index is 13.8. The van der Waals surface area contributed by atoms with Gasteiger partial charge in [-0.2, -0.15) is 0 Å². The fraction of sp³-hybridized carbons (Fsp3) is 0.462. The van der Waals surface area contributed by atoms with Crippen LogP contribution in [0.15, 0.2) is 24.3 Å². The fourth-order valence-corrected chi connectivity index (χ4v) is 2.41. The van der Waals surface area contributed by atoms with Crippen molar-refractivity contribution >= 4 is 5.91 Å². The summed E-state index contributed by atoms with van der Waals surface area (Å²) in [7, 11) is 0. The van der Waals surface area contributed by atoms with Gasteiger partial charge < -0.3 is 11.1 Å². The predicted molar refractivity (Wildman–Crippen MR) is 67.4 cm³/mol. The van der Waals surface area contributed by atoms with Crippen molar-refractivity contribution in [3.8, 4) is 0 Å². The van der Waals surface area contributed by atoms with E-state index in [1.54, 1.807) is 18.2 Å². The van der Waals surface area contributed by atoms with Gasteiger partial charge in [-0.3, -0.25) is 9.69 Å². The summed E-state index contributed by atoms with van der Waals surface area (Å²) < 4.78 is 13.8. The average molecular weight is 251 g/mol. The number of amides is 1. The summed E-state index contributed by atoms with van der Waals surface area (Å²) >= 11 is 0. The predicted octanol–water partition coefficient (Wildman–Crippen LogP) is 0.646. The third kappa shape index (κ3) is 2.37. The van der Waals surface area contributed by atoms with E-state index < -0.39 is 0 Å². The number of rotatable bonds is 3. The molecule has 2 atom stereocenters. The average Bonchev–Trinajstić information content (AvgIpc) is 2.37. The van der Waals surface area contributed by atoms with Crippen LogP contribution in [0.25, 0.3) is 0 Å². The van der Waals surface area contributed by atoms with Crippen molar-refractivity contribution in [2.45, 2.75) is 19.0 Å². The maximum Gasteiger partial charge on any atom is 0.237 e. The third-order valence-corrected chi connectivity index (χ3v) is 3.43. The number of piperazine rings is 1. The molecule has 4 nitrogen and oxygen atoms in total. The smallest absolute Gasteiger partial charge is 0.237 e. The Balaban J connectivity index is 2.28. The lowest BCUT2D eigenvalue weighted by atomic mass is 10.0. The highest BCUT2D eigenvalue weighted by Crippen LogP contribution is 2.25. The van der Waals surface area contributed by atoms with Crippen LogP contribution in [0, 0.1) is 5.82 Å². The van der Waals surface area contributed by atoms with Gasteiger partial charge >= 0.3 is 0 Å². The molecule has 1 heterocycles. The van der Waals surface area contributed by atoms with E-state index in [1.807, 2.05) is 11.8 Å². The molecule has 1 fully saturated rings. The van der Waals surface area contributed by atoms with E-state index in [2.05, 4.69) is 5.32 Å². The lowest BCUT2D eigenvalue weighted by Gasteiger charge is -2.38. The largest absolute Gasteiger partial charge is 0.353 e. The number of nitrogens with one attached hydrogen (secondary N) is 1. The molecule has 18 heavy (non-hydrogen) atoms. The zero-order chi connectivity index (χ0) is 13.1. The quantitative estimate of drug-likeness (QED) is 0.829. The molecule has 2 rings (SSSR count). The van der Waals surface area contributed by atoms with Crippen LogP contribution in [0.4, 0.5) is 4.39 Å². The van der Waals surface area contributed by atoms with Gasteiger partial charge in [0.1, 0.15) is 5.82 Å². The van der Waals surface area contributed by atoms with E-state index in [1.165, 1.54) is 6.07 Å². The normalized spacial score (nSPS) is 22.6. The number of nitrogens with two attached hydrogens (primary N) is 1. The first-order valence-electron chi connectivity index (χ1n) is 6.13. The molecule has 0 spiro atoms. The Hall–Kier alpha value is -1.46. The number of hydrogen-bond acceptors (Lipinski definition) is 3. The van der Waals surface area contributed by atoms with E-state index >= 15 is 0 Å². The molecule has 1 aliphatic rings. The van der Waals surface area contributed by atoms with E-state index in [0.29, 0.717) is 25.2 Å². The molecule has 0 saturated carbocycles. The van der Waals surface area contributed by atoms with Crippen LogP contribution in [0.2, 0.25) is 0 Å². The number of nitrogens with zero attached hydrogens (tertiary/aromatic N) is 1. The van der Waals surface area contributed by atoms with Crippen molar-refractivity contribution < 1.29 is 9.18 Å². The summed E-state index contributed by atoms with van der Waals surface area (Å²) in [6.07, 6.45) is 0. The second kappa shape index (κ2) is 5.46. The third-order valence-electron chi connectivity index (χ3n) is 3.43. The Morgan fingerprint density at radius 2 is 2.28 bits per heavy atom. The van der Waals surface area contributed by atoms with Gasteiger partial charge in [-0.15, -0.1) is 0 Å². The van der Waals surface area contributed by atoms with Crippen molar-refractivity contribution in [1.29, 1.82) is 0 Å². The van der Waals surface area contributed by atoms with Gasteiger partial charge in [0, 0.05) is 25.2 Å². The van der Waals surface area contributed by atoms with E-state index in [-0.39, 0.29) is 23.8 Å². The molecule has 0 radical (unpaired) electrons. The van der Waals surface area contributed by atoms with Gasteiger partial charge in [-0.25, -0.2) is 4.39 Å². The summed E-state index contributed by atoms with van der Waals surface area (Å²) in [5.74, 6) is -0.304. The SMILES string of the molecule is CC1C(=O)NCCN1C(CN)c1ccccc1F. The van der Waals surface area contributed by atoms with Crippen LogP contribution < -0.4 is 11.1 Å². The molecule has 1 amide bonds. The summed E-state index contributed by atoms with van der Waals surface area (Å²) in [6.45, 7) is 3.37. The van der Waals surface area contributed by atoms with E-state index in [4.69, 9.17) is 5.73 Å². The maximum atomic E-state index is 13.8. The van der Waals surface area contributed by atoms with Gasteiger partial charge in [0.05, 0.1) is 12.1 Å². The topological polar surface area (TPSA) is 58.4 Å². The number of carbonyl (C=O) groups is 1. The highest BCUT2D eigenvalue weighted by atomic mass is 19.1. The van der Waals surface area contributed by atoms with Gasteiger partial charge in [-0.1, -0.05) is 18.2 Å². The zero-order valence-electron chi connectivity index (χ0n) is 10.4. The summed E-state index contributed by atoms with van der Waals surface area (Å²) in [4.78, 5) is 13.6. The van der Waals surface area contributed by atoms with Crippen LogP contribution >= 0.6 is 0 Å².